The topological polar surface area (TPSA) is 126 Å². The number of nitrogen functional groups attached to an aromatic ring is 1. The average molecular weight is 733 g/mol. The Labute approximate surface area is 320 Å². The lowest BCUT2D eigenvalue weighted by Gasteiger charge is -2.38. The molecule has 9 nitrogen and oxygen atoms in total. The average Bonchev–Trinajstić information content (AvgIpc) is 3.19. The van der Waals surface area contributed by atoms with Crippen molar-refractivity contribution in [1.82, 2.24) is 10.2 Å². The van der Waals surface area contributed by atoms with Gasteiger partial charge in [-0.15, -0.1) is 0 Å². The summed E-state index contributed by atoms with van der Waals surface area (Å²) >= 11 is 0. The second-order valence-corrected chi connectivity index (χ2v) is 14.7. The Kier molecular flexibility index (Phi) is 14.7. The zero-order valence-corrected chi connectivity index (χ0v) is 31.4. The number of anilines is 2. The van der Waals surface area contributed by atoms with Crippen molar-refractivity contribution in [2.45, 2.75) is 102 Å². The van der Waals surface area contributed by atoms with Gasteiger partial charge in [0.05, 0.1) is 30.2 Å². The molecule has 2 aliphatic heterocycles. The molecule has 3 atom stereocenters. The van der Waals surface area contributed by atoms with Crippen molar-refractivity contribution in [3.05, 3.63) is 119 Å². The number of rotatable bonds is 15. The predicted molar refractivity (Wildman–Crippen MR) is 214 cm³/mol. The van der Waals surface area contributed by atoms with E-state index >= 15 is 0 Å². The molecule has 9 heteroatoms. The fraction of sp³-hybridized carbons (Fsp3) is 0.422. The van der Waals surface area contributed by atoms with Gasteiger partial charge in [-0.05, 0) is 84.8 Å². The Bertz CT molecular complexity index is 1770. The van der Waals surface area contributed by atoms with Gasteiger partial charge in [-0.25, -0.2) is 0 Å². The number of nitrogens with zero attached hydrogens (tertiary/aromatic N) is 1. The molecular weight excluding hydrogens is 677 g/mol. The first-order chi connectivity index (χ1) is 26.4. The van der Waals surface area contributed by atoms with Crippen molar-refractivity contribution in [2.24, 2.45) is 0 Å². The summed E-state index contributed by atoms with van der Waals surface area (Å²) in [5.41, 5.74) is 13.2. The minimum atomic E-state index is -0.484. The molecule has 5 N–H and O–H groups in total. The van der Waals surface area contributed by atoms with Gasteiger partial charge in [0.25, 0.3) is 0 Å². The first-order valence-corrected chi connectivity index (χ1v) is 19.8. The molecule has 2 amide bonds. The van der Waals surface area contributed by atoms with Crippen LogP contribution in [-0.4, -0.2) is 47.6 Å². The summed E-state index contributed by atoms with van der Waals surface area (Å²) in [7, 11) is 0. The molecule has 0 aliphatic carbocycles. The van der Waals surface area contributed by atoms with E-state index in [1.165, 1.54) is 32.1 Å². The molecule has 2 heterocycles. The van der Waals surface area contributed by atoms with Gasteiger partial charge >= 0.3 is 0 Å². The number of aliphatic hydroxyl groups excluding tert-OH is 1. The van der Waals surface area contributed by atoms with Crippen LogP contribution in [-0.2, 0) is 32.2 Å². The van der Waals surface area contributed by atoms with E-state index < -0.39 is 6.29 Å². The quantitative estimate of drug-likeness (QED) is 0.0714. The molecule has 0 spiro atoms. The molecular formula is C45H56N4O5. The smallest absolute Gasteiger partial charge is 0.224 e. The number of aliphatic hydroxyl groups is 1. The summed E-state index contributed by atoms with van der Waals surface area (Å²) in [4.78, 5) is 27.4. The van der Waals surface area contributed by atoms with Gasteiger partial charge in [-0.3, -0.25) is 9.59 Å². The number of ether oxygens (including phenoxy) is 2. The summed E-state index contributed by atoms with van der Waals surface area (Å²) in [6.45, 7) is 3.61. The van der Waals surface area contributed by atoms with Crippen molar-refractivity contribution in [1.29, 1.82) is 0 Å². The second-order valence-electron chi connectivity index (χ2n) is 14.7. The van der Waals surface area contributed by atoms with E-state index in [0.29, 0.717) is 37.2 Å². The number of amides is 2. The molecule has 0 saturated carbocycles. The minimum Gasteiger partial charge on any atom is -0.397 e. The Morgan fingerprint density at radius 3 is 2.17 bits per heavy atom. The molecule has 2 fully saturated rings. The molecule has 4 aromatic carbocycles. The summed E-state index contributed by atoms with van der Waals surface area (Å²) in [5.74, 6) is -0.0637. The Morgan fingerprint density at radius 1 is 0.722 bits per heavy atom. The summed E-state index contributed by atoms with van der Waals surface area (Å²) in [6, 6.07) is 32.0. The third kappa shape index (κ3) is 11.7. The first kappa shape index (κ1) is 39.2. The number of likely N-dealkylation sites (tertiary alicyclic amines) is 1. The van der Waals surface area contributed by atoms with E-state index in [1.54, 1.807) is 12.1 Å². The van der Waals surface area contributed by atoms with Crippen LogP contribution >= 0.6 is 0 Å². The van der Waals surface area contributed by atoms with Crippen LogP contribution in [0.5, 0.6) is 0 Å². The SMILES string of the molecule is Nc1ccccc1NC(=O)CCCCCC(=O)NCc1cccc(-c2ccc(C3OC(CN4CCCCCCC4)CC(c4ccc(CO)cc4)O3)cc2)c1. The van der Waals surface area contributed by atoms with E-state index in [1.807, 2.05) is 36.4 Å². The number of para-hydroxylation sites is 2. The van der Waals surface area contributed by atoms with E-state index in [-0.39, 0.29) is 30.6 Å². The number of hydrogen-bond donors (Lipinski definition) is 4. The molecule has 4 aromatic rings. The van der Waals surface area contributed by atoms with Crippen molar-refractivity contribution < 1.29 is 24.2 Å². The van der Waals surface area contributed by atoms with Gasteiger partial charge < -0.3 is 35.8 Å². The monoisotopic (exact) mass is 732 g/mol. The fourth-order valence-electron chi connectivity index (χ4n) is 7.37. The zero-order valence-electron chi connectivity index (χ0n) is 31.4. The number of carbonyl (C=O) groups is 2. The van der Waals surface area contributed by atoms with E-state index in [9.17, 15) is 14.7 Å². The number of nitrogens with one attached hydrogen (secondary N) is 2. The number of hydrogen-bond acceptors (Lipinski definition) is 7. The normalized spacial score (nSPS) is 19.4. The van der Waals surface area contributed by atoms with Crippen LogP contribution in [0.15, 0.2) is 97.1 Å². The third-order valence-corrected chi connectivity index (χ3v) is 10.5. The van der Waals surface area contributed by atoms with Crippen LogP contribution in [0.2, 0.25) is 0 Å². The standard InChI is InChI=1S/C45H56N4O5/c46-40-14-7-8-15-41(40)48-44(52)17-6-4-5-16-43(51)47-30-34-12-11-13-38(28-34)35-22-24-37(25-23-35)45-53-39(31-49-26-9-2-1-3-10-27-49)29-42(54-45)36-20-18-33(32-50)19-21-36/h7-8,11-15,18-25,28,39,42,45,50H,1-6,9-10,16-17,26-27,29-32,46H2,(H,47,51)(H,48,52). The molecule has 54 heavy (non-hydrogen) atoms. The van der Waals surface area contributed by atoms with E-state index in [4.69, 9.17) is 15.2 Å². The lowest BCUT2D eigenvalue weighted by molar-refractivity contribution is -0.253. The highest BCUT2D eigenvalue weighted by Crippen LogP contribution is 2.39. The van der Waals surface area contributed by atoms with Gasteiger partial charge in [0, 0.05) is 37.9 Å². The number of benzene rings is 4. The lowest BCUT2D eigenvalue weighted by atomic mass is 9.98. The molecule has 0 bridgehead atoms. The molecule has 3 unspecified atom stereocenters. The summed E-state index contributed by atoms with van der Waals surface area (Å²) in [6.07, 6.45) is 9.72. The molecule has 2 aliphatic rings. The highest BCUT2D eigenvalue weighted by atomic mass is 16.7. The van der Waals surface area contributed by atoms with Crippen LogP contribution in [0.25, 0.3) is 11.1 Å². The Morgan fingerprint density at radius 2 is 1.43 bits per heavy atom. The van der Waals surface area contributed by atoms with Gasteiger partial charge in [0.15, 0.2) is 6.29 Å². The summed E-state index contributed by atoms with van der Waals surface area (Å²) < 4.78 is 13.3. The highest BCUT2D eigenvalue weighted by Gasteiger charge is 2.33. The number of nitrogens with two attached hydrogens (primary N) is 1. The summed E-state index contributed by atoms with van der Waals surface area (Å²) in [5, 5.41) is 15.5. The molecule has 6 rings (SSSR count). The van der Waals surface area contributed by atoms with Gasteiger partial charge in [-0.1, -0.05) is 105 Å². The molecule has 286 valence electrons. The van der Waals surface area contributed by atoms with Crippen molar-refractivity contribution in [3.63, 3.8) is 0 Å². The van der Waals surface area contributed by atoms with Crippen LogP contribution in [0.4, 0.5) is 11.4 Å². The maximum atomic E-state index is 12.6. The maximum Gasteiger partial charge on any atom is 0.224 e. The lowest BCUT2D eigenvalue weighted by Crippen LogP contribution is -2.40. The maximum absolute atomic E-state index is 12.6. The highest BCUT2D eigenvalue weighted by molar-refractivity contribution is 5.93. The van der Waals surface area contributed by atoms with Crippen LogP contribution in [0.3, 0.4) is 0 Å². The molecule has 2 saturated heterocycles. The third-order valence-electron chi connectivity index (χ3n) is 10.5. The largest absolute Gasteiger partial charge is 0.397 e. The first-order valence-electron chi connectivity index (χ1n) is 19.8. The Balaban J connectivity index is 1.000. The van der Waals surface area contributed by atoms with Crippen molar-refractivity contribution in [3.8, 4) is 11.1 Å². The van der Waals surface area contributed by atoms with Gasteiger partial charge in [-0.2, -0.15) is 0 Å². The van der Waals surface area contributed by atoms with E-state index in [2.05, 4.69) is 64.1 Å². The fourth-order valence-corrected chi connectivity index (χ4v) is 7.37. The number of unbranched alkanes of at least 4 members (excludes halogenated alkanes) is 2. The number of carbonyl (C=O) groups excluding carboxylic acids is 2. The Hall–Kier alpha value is -4.54. The van der Waals surface area contributed by atoms with Crippen LogP contribution < -0.4 is 16.4 Å². The second kappa shape index (κ2) is 20.2. The van der Waals surface area contributed by atoms with Crippen LogP contribution in [0.1, 0.15) is 105 Å². The minimum absolute atomic E-state index is 0.00559. The van der Waals surface area contributed by atoms with Crippen LogP contribution in [0, 0.1) is 0 Å². The predicted octanol–water partition coefficient (Wildman–Crippen LogP) is 8.45. The van der Waals surface area contributed by atoms with E-state index in [0.717, 1.165) is 72.3 Å². The molecule has 0 aromatic heterocycles. The van der Waals surface area contributed by atoms with Gasteiger partial charge in [0.1, 0.15) is 0 Å². The zero-order chi connectivity index (χ0) is 37.5. The molecule has 0 radical (unpaired) electrons. The van der Waals surface area contributed by atoms with Gasteiger partial charge in [0.2, 0.25) is 11.8 Å². The van der Waals surface area contributed by atoms with Crippen molar-refractivity contribution >= 4 is 23.2 Å². The van der Waals surface area contributed by atoms with Crippen molar-refractivity contribution in [2.75, 3.05) is 30.7 Å².